The van der Waals surface area contributed by atoms with Gasteiger partial charge in [0.25, 0.3) is 5.82 Å². The minimum atomic E-state index is 0.564. The predicted molar refractivity (Wildman–Crippen MR) is 118 cm³/mol. The summed E-state index contributed by atoms with van der Waals surface area (Å²) in [6, 6.07) is 19.9. The van der Waals surface area contributed by atoms with Gasteiger partial charge in [-0.2, -0.15) is 0 Å². The monoisotopic (exact) mass is 449 g/mol. The van der Waals surface area contributed by atoms with Crippen molar-refractivity contribution in [2.24, 2.45) is 0 Å². The van der Waals surface area contributed by atoms with Crippen LogP contribution < -0.4 is 4.57 Å². The van der Waals surface area contributed by atoms with Gasteiger partial charge in [-0.3, -0.25) is 0 Å². The third kappa shape index (κ3) is 3.75. The number of hydrogen-bond donors (Lipinski definition) is 0. The Morgan fingerprint density at radius 2 is 1.36 bits per heavy atom. The molecule has 0 aliphatic carbocycles. The van der Waals surface area contributed by atoms with Gasteiger partial charge in [-0.1, -0.05) is 70.7 Å². The van der Waals surface area contributed by atoms with E-state index in [9.17, 15) is 0 Å². The highest BCUT2D eigenvalue weighted by Gasteiger charge is 2.22. The van der Waals surface area contributed by atoms with Gasteiger partial charge in [-0.15, -0.1) is 0 Å². The zero-order chi connectivity index (χ0) is 19.8. The van der Waals surface area contributed by atoms with Gasteiger partial charge in [0.05, 0.1) is 20.1 Å². The second-order valence-corrected chi connectivity index (χ2v) is 8.33. The molecule has 0 aliphatic heterocycles. The zero-order valence-corrected chi connectivity index (χ0v) is 18.1. The van der Waals surface area contributed by atoms with Crippen LogP contribution in [0.15, 0.2) is 60.7 Å². The van der Waals surface area contributed by atoms with Crippen molar-refractivity contribution in [3.8, 4) is 0 Å². The van der Waals surface area contributed by atoms with Crippen molar-refractivity contribution in [3.05, 3.63) is 97.7 Å². The van der Waals surface area contributed by atoms with Crippen molar-refractivity contribution in [3.63, 3.8) is 0 Å². The Labute approximate surface area is 183 Å². The number of nitrogens with zero attached hydrogens (tertiary/aromatic N) is 2. The number of rotatable bonds is 4. The Morgan fingerprint density at radius 3 is 2.04 bits per heavy atom. The summed E-state index contributed by atoms with van der Waals surface area (Å²) in [6.45, 7) is 3.53. The van der Waals surface area contributed by atoms with Gasteiger partial charge >= 0.3 is 0 Å². The minimum absolute atomic E-state index is 0.564. The van der Waals surface area contributed by atoms with E-state index in [4.69, 9.17) is 46.4 Å². The number of aromatic nitrogens is 2. The summed E-state index contributed by atoms with van der Waals surface area (Å²) in [6.07, 6.45) is 0. The smallest absolute Gasteiger partial charge is 0.223 e. The van der Waals surface area contributed by atoms with Crippen LogP contribution in [-0.4, -0.2) is 4.57 Å². The molecule has 0 unspecified atom stereocenters. The number of fused-ring (bicyclic) bond motifs is 1. The quantitative estimate of drug-likeness (QED) is 0.297. The number of benzene rings is 3. The first-order chi connectivity index (χ1) is 13.4. The Kier molecular flexibility index (Phi) is 5.57. The van der Waals surface area contributed by atoms with Crippen molar-refractivity contribution >= 4 is 57.4 Å². The lowest BCUT2D eigenvalue weighted by Gasteiger charge is -2.05. The van der Waals surface area contributed by atoms with E-state index in [1.807, 2.05) is 36.4 Å². The fourth-order valence-corrected chi connectivity index (χ4v) is 4.10. The average Bonchev–Trinajstić information content (AvgIpc) is 2.93. The molecule has 4 rings (SSSR count). The Balaban J connectivity index is 1.78. The van der Waals surface area contributed by atoms with Gasteiger partial charge < -0.3 is 0 Å². The molecule has 6 heteroatoms. The van der Waals surface area contributed by atoms with Crippen LogP contribution >= 0.6 is 46.4 Å². The summed E-state index contributed by atoms with van der Waals surface area (Å²) in [5, 5.41) is 2.26. The summed E-state index contributed by atoms with van der Waals surface area (Å²) in [5.41, 5.74) is 4.51. The molecule has 3 aromatic carbocycles. The van der Waals surface area contributed by atoms with Crippen molar-refractivity contribution < 1.29 is 4.57 Å². The van der Waals surface area contributed by atoms with Crippen LogP contribution in [0.5, 0.6) is 0 Å². The molecule has 0 radical (unpaired) electrons. The summed E-state index contributed by atoms with van der Waals surface area (Å²) < 4.78 is 4.57. The maximum atomic E-state index is 6.21. The zero-order valence-electron chi connectivity index (χ0n) is 15.1. The molecule has 28 heavy (non-hydrogen) atoms. The van der Waals surface area contributed by atoms with E-state index in [-0.39, 0.29) is 0 Å². The van der Waals surface area contributed by atoms with E-state index in [0.717, 1.165) is 28.0 Å². The lowest BCUT2D eigenvalue weighted by molar-refractivity contribution is -0.669. The minimum Gasteiger partial charge on any atom is -0.223 e. The first kappa shape index (κ1) is 19.6. The van der Waals surface area contributed by atoms with E-state index in [1.165, 1.54) is 0 Å². The molecule has 0 aliphatic rings. The third-order valence-electron chi connectivity index (χ3n) is 4.89. The summed E-state index contributed by atoms with van der Waals surface area (Å²) in [7, 11) is 0. The second-order valence-electron chi connectivity index (χ2n) is 6.71. The molecule has 0 bridgehead atoms. The van der Waals surface area contributed by atoms with Crippen LogP contribution in [0.3, 0.4) is 0 Å². The van der Waals surface area contributed by atoms with Crippen LogP contribution in [0.1, 0.15) is 17.0 Å². The fraction of sp³-hybridized carbons (Fsp3) is 0.136. The van der Waals surface area contributed by atoms with Crippen LogP contribution in [-0.2, 0) is 13.1 Å². The molecule has 1 heterocycles. The normalized spacial score (nSPS) is 11.3. The van der Waals surface area contributed by atoms with Gasteiger partial charge in [0.15, 0.2) is 11.0 Å². The molecule has 0 saturated carbocycles. The van der Waals surface area contributed by atoms with E-state index in [0.29, 0.717) is 33.2 Å². The van der Waals surface area contributed by atoms with Crippen LogP contribution in [0.4, 0.5) is 0 Å². The van der Waals surface area contributed by atoms with E-state index in [2.05, 4.69) is 40.3 Å². The predicted octanol–water partition coefficient (Wildman–Crippen LogP) is 6.95. The number of imidazole rings is 1. The topological polar surface area (TPSA) is 8.81 Å². The molecule has 4 aromatic rings. The van der Waals surface area contributed by atoms with E-state index < -0.39 is 0 Å². The highest BCUT2D eigenvalue weighted by molar-refractivity contribution is 6.42. The molecule has 0 atom stereocenters. The van der Waals surface area contributed by atoms with Gasteiger partial charge in [0.1, 0.15) is 13.1 Å². The van der Waals surface area contributed by atoms with Crippen molar-refractivity contribution in [1.82, 2.24) is 4.57 Å². The molecule has 0 spiro atoms. The molecular weight excluding hydrogens is 434 g/mol. The van der Waals surface area contributed by atoms with Gasteiger partial charge in [-0.05, 0) is 47.5 Å². The Bertz CT molecular complexity index is 1090. The number of hydrogen-bond acceptors (Lipinski definition) is 0. The van der Waals surface area contributed by atoms with Crippen LogP contribution in [0.25, 0.3) is 11.0 Å². The molecule has 142 valence electrons. The number of halogens is 4. The molecule has 0 N–H and O–H groups in total. The maximum absolute atomic E-state index is 6.21. The largest absolute Gasteiger partial charge is 0.254 e. The molecule has 0 amide bonds. The van der Waals surface area contributed by atoms with Crippen molar-refractivity contribution in [2.75, 3.05) is 0 Å². The number of para-hydroxylation sites is 2. The van der Waals surface area contributed by atoms with Gasteiger partial charge in [-0.25, -0.2) is 9.13 Å². The lowest BCUT2D eigenvalue weighted by atomic mass is 10.2. The SMILES string of the molecule is Cc1n(Cc2ccc(Cl)c(Cl)c2)c2ccccc2[n+]1Cc1ccc(Cl)c(Cl)c1. The standard InChI is InChI=1S/C22H17Cl4N2/c1-14-27(12-15-6-8-17(23)19(25)10-15)21-4-2-3-5-22(21)28(14)13-16-7-9-18(24)20(26)11-16/h2-11H,12-13H2,1H3/q+1. The second kappa shape index (κ2) is 7.96. The van der Waals surface area contributed by atoms with E-state index in [1.54, 1.807) is 0 Å². The van der Waals surface area contributed by atoms with Crippen LogP contribution in [0.2, 0.25) is 20.1 Å². The molecule has 1 aromatic heterocycles. The molecule has 2 nitrogen and oxygen atoms in total. The highest BCUT2D eigenvalue weighted by atomic mass is 35.5. The average molecular weight is 451 g/mol. The molecule has 0 saturated heterocycles. The molecule has 0 fully saturated rings. The van der Waals surface area contributed by atoms with E-state index >= 15 is 0 Å². The maximum Gasteiger partial charge on any atom is 0.254 e. The first-order valence-electron chi connectivity index (χ1n) is 8.79. The van der Waals surface area contributed by atoms with Gasteiger partial charge in [0, 0.05) is 6.92 Å². The fourth-order valence-electron chi connectivity index (χ4n) is 3.46. The summed E-state index contributed by atoms with van der Waals surface area (Å²) in [4.78, 5) is 0. The lowest BCUT2D eigenvalue weighted by Crippen LogP contribution is -2.37. The highest BCUT2D eigenvalue weighted by Crippen LogP contribution is 2.25. The van der Waals surface area contributed by atoms with Crippen molar-refractivity contribution in [1.29, 1.82) is 0 Å². The molecular formula is C22H17Cl4N2+. The Hall–Kier alpha value is -1.71. The third-order valence-corrected chi connectivity index (χ3v) is 6.37. The summed E-state index contributed by atoms with van der Waals surface area (Å²) >= 11 is 24.5. The Morgan fingerprint density at radius 1 is 0.750 bits per heavy atom. The van der Waals surface area contributed by atoms with Crippen molar-refractivity contribution in [2.45, 2.75) is 20.0 Å². The first-order valence-corrected chi connectivity index (χ1v) is 10.3. The van der Waals surface area contributed by atoms with Crippen LogP contribution in [0, 0.1) is 6.92 Å². The summed E-state index contributed by atoms with van der Waals surface area (Å²) in [5.74, 6) is 1.14. The van der Waals surface area contributed by atoms with Gasteiger partial charge in [0.2, 0.25) is 0 Å².